The van der Waals surface area contributed by atoms with Crippen LogP contribution in [0.15, 0.2) is 42.7 Å². The fraction of sp³-hybridized carbons (Fsp3) is 0.381. The molecule has 0 fully saturated rings. The van der Waals surface area contributed by atoms with Crippen LogP contribution in [0.3, 0.4) is 0 Å². The van der Waals surface area contributed by atoms with Crippen LogP contribution < -0.4 is 5.32 Å². The van der Waals surface area contributed by atoms with Crippen LogP contribution in [0.1, 0.15) is 37.9 Å². The van der Waals surface area contributed by atoms with Gasteiger partial charge in [0.15, 0.2) is 5.65 Å². The van der Waals surface area contributed by atoms with Gasteiger partial charge in [0.1, 0.15) is 6.04 Å². The van der Waals surface area contributed by atoms with E-state index >= 15 is 0 Å². The van der Waals surface area contributed by atoms with Crippen LogP contribution in [-0.4, -0.2) is 45.2 Å². The van der Waals surface area contributed by atoms with Gasteiger partial charge in [-0.1, -0.05) is 24.3 Å². The van der Waals surface area contributed by atoms with Gasteiger partial charge < -0.3 is 5.32 Å². The maximum atomic E-state index is 13.1. The standard InChI is InChI=1S/C21H25N5O3S/c1-4-30(28,29)25-13-16-8-6-5-7-15(16)10-19(25)21(27)24-18-9-17-11-23-26(14(2)3)20(17)22-12-18/h5-9,11-12,14,19H,4,10,13H2,1-3H3,(H,24,27)/t19-/m0/s1. The molecule has 0 bridgehead atoms. The Bertz CT molecular complexity index is 1200. The summed E-state index contributed by atoms with van der Waals surface area (Å²) in [6, 6.07) is 8.81. The quantitative estimate of drug-likeness (QED) is 0.675. The average molecular weight is 428 g/mol. The van der Waals surface area contributed by atoms with Crippen LogP contribution in [0.4, 0.5) is 5.69 Å². The van der Waals surface area contributed by atoms with E-state index in [9.17, 15) is 13.2 Å². The molecule has 1 aliphatic rings. The van der Waals surface area contributed by atoms with E-state index in [-0.39, 0.29) is 24.2 Å². The molecule has 0 saturated heterocycles. The first-order valence-electron chi connectivity index (χ1n) is 10.0. The molecule has 0 saturated carbocycles. The van der Waals surface area contributed by atoms with E-state index in [0.717, 1.165) is 22.2 Å². The van der Waals surface area contributed by atoms with E-state index in [2.05, 4.69) is 15.4 Å². The molecule has 1 aliphatic heterocycles. The minimum atomic E-state index is -3.55. The van der Waals surface area contributed by atoms with Crippen molar-refractivity contribution in [3.05, 3.63) is 53.9 Å². The summed E-state index contributed by atoms with van der Waals surface area (Å²) in [5.74, 6) is -0.417. The van der Waals surface area contributed by atoms with Crippen molar-refractivity contribution in [3.63, 3.8) is 0 Å². The summed E-state index contributed by atoms with van der Waals surface area (Å²) in [5, 5.41) is 8.01. The largest absolute Gasteiger partial charge is 0.323 e. The lowest BCUT2D eigenvalue weighted by Gasteiger charge is -2.34. The minimum absolute atomic E-state index is 0.0547. The molecule has 2 aromatic heterocycles. The van der Waals surface area contributed by atoms with Crippen molar-refractivity contribution in [3.8, 4) is 0 Å². The molecule has 30 heavy (non-hydrogen) atoms. The molecule has 3 aromatic rings. The van der Waals surface area contributed by atoms with Gasteiger partial charge in [0, 0.05) is 18.0 Å². The number of nitrogens with zero attached hydrogens (tertiary/aromatic N) is 4. The Hall–Kier alpha value is -2.78. The van der Waals surface area contributed by atoms with Crippen LogP contribution in [0.5, 0.6) is 0 Å². The van der Waals surface area contributed by atoms with Gasteiger partial charge in [-0.25, -0.2) is 18.1 Å². The molecule has 3 heterocycles. The van der Waals surface area contributed by atoms with Crippen LogP contribution >= 0.6 is 0 Å². The summed E-state index contributed by atoms with van der Waals surface area (Å²) in [4.78, 5) is 17.6. The Morgan fingerprint density at radius 2 is 1.97 bits per heavy atom. The van der Waals surface area contributed by atoms with Crippen molar-refractivity contribution >= 4 is 32.7 Å². The van der Waals surface area contributed by atoms with Crippen LogP contribution in [0.2, 0.25) is 0 Å². The number of hydrogen-bond acceptors (Lipinski definition) is 5. The summed E-state index contributed by atoms with van der Waals surface area (Å²) in [7, 11) is -3.55. The molecule has 0 unspecified atom stereocenters. The fourth-order valence-electron chi connectivity index (χ4n) is 3.79. The number of nitrogens with one attached hydrogen (secondary N) is 1. The van der Waals surface area contributed by atoms with Crippen molar-refractivity contribution in [2.45, 2.75) is 45.8 Å². The number of benzene rings is 1. The van der Waals surface area contributed by atoms with Crippen LogP contribution in [0.25, 0.3) is 11.0 Å². The summed E-state index contributed by atoms with van der Waals surface area (Å²) in [6.45, 7) is 5.83. The predicted molar refractivity (Wildman–Crippen MR) is 115 cm³/mol. The Kier molecular flexibility index (Phi) is 5.33. The highest BCUT2D eigenvalue weighted by atomic mass is 32.2. The molecule has 1 amide bonds. The number of carbonyl (C=O) groups excluding carboxylic acids is 1. The number of rotatable bonds is 5. The van der Waals surface area contributed by atoms with Crippen molar-refractivity contribution in [1.82, 2.24) is 19.1 Å². The third-order valence-corrected chi connectivity index (χ3v) is 7.25. The van der Waals surface area contributed by atoms with Crippen molar-refractivity contribution in [2.75, 3.05) is 11.1 Å². The van der Waals surface area contributed by atoms with Gasteiger partial charge in [0.25, 0.3) is 0 Å². The predicted octanol–water partition coefficient (Wildman–Crippen LogP) is 2.73. The second kappa shape index (κ2) is 7.81. The van der Waals surface area contributed by atoms with Gasteiger partial charge in [0.05, 0.1) is 23.8 Å². The molecule has 158 valence electrons. The zero-order valence-corrected chi connectivity index (χ0v) is 18.1. The number of amides is 1. The number of carbonyl (C=O) groups is 1. The highest BCUT2D eigenvalue weighted by molar-refractivity contribution is 7.89. The van der Waals surface area contributed by atoms with Gasteiger partial charge in [-0.15, -0.1) is 0 Å². The average Bonchev–Trinajstić information content (AvgIpc) is 3.16. The third kappa shape index (κ3) is 3.70. The maximum Gasteiger partial charge on any atom is 0.243 e. The Balaban J connectivity index is 1.63. The summed E-state index contributed by atoms with van der Waals surface area (Å²) in [5.41, 5.74) is 3.18. The second-order valence-corrected chi connectivity index (χ2v) is 9.95. The summed E-state index contributed by atoms with van der Waals surface area (Å²) in [6.07, 6.45) is 3.63. The fourth-order valence-corrected chi connectivity index (χ4v) is 5.02. The molecule has 0 radical (unpaired) electrons. The zero-order chi connectivity index (χ0) is 21.5. The molecule has 1 N–H and O–H groups in total. The molecular weight excluding hydrogens is 402 g/mol. The topological polar surface area (TPSA) is 97.2 Å². The first-order valence-corrected chi connectivity index (χ1v) is 11.6. The van der Waals surface area contributed by atoms with Crippen molar-refractivity contribution < 1.29 is 13.2 Å². The van der Waals surface area contributed by atoms with Crippen LogP contribution in [-0.2, 0) is 27.8 Å². The molecule has 8 nitrogen and oxygen atoms in total. The lowest BCUT2D eigenvalue weighted by Crippen LogP contribution is -2.51. The molecule has 1 aromatic carbocycles. The van der Waals surface area contributed by atoms with E-state index in [4.69, 9.17) is 0 Å². The molecular formula is C21H25N5O3S. The van der Waals surface area contributed by atoms with E-state index in [0.29, 0.717) is 12.1 Å². The number of aromatic nitrogens is 3. The maximum absolute atomic E-state index is 13.1. The van der Waals surface area contributed by atoms with Gasteiger partial charge in [-0.3, -0.25) is 4.79 Å². The van der Waals surface area contributed by atoms with E-state index in [1.54, 1.807) is 19.3 Å². The van der Waals surface area contributed by atoms with E-state index in [1.807, 2.05) is 48.9 Å². The molecule has 0 spiro atoms. The van der Waals surface area contributed by atoms with Crippen molar-refractivity contribution in [1.29, 1.82) is 0 Å². The lowest BCUT2D eigenvalue weighted by molar-refractivity contribution is -0.120. The molecule has 4 rings (SSSR count). The Labute approximate surface area is 176 Å². The number of pyridine rings is 1. The van der Waals surface area contributed by atoms with Crippen LogP contribution in [0, 0.1) is 0 Å². The number of hydrogen-bond donors (Lipinski definition) is 1. The lowest BCUT2D eigenvalue weighted by atomic mass is 9.95. The number of fused-ring (bicyclic) bond motifs is 2. The zero-order valence-electron chi connectivity index (χ0n) is 17.2. The minimum Gasteiger partial charge on any atom is -0.323 e. The molecule has 9 heteroatoms. The SMILES string of the molecule is CCS(=O)(=O)N1Cc2ccccc2C[C@H]1C(=O)Nc1cnc2c(cnn2C(C)C)c1. The number of anilines is 1. The third-order valence-electron chi connectivity index (χ3n) is 5.42. The van der Waals surface area contributed by atoms with Crippen molar-refractivity contribution in [2.24, 2.45) is 0 Å². The Morgan fingerprint density at radius 3 is 2.67 bits per heavy atom. The summed E-state index contributed by atoms with van der Waals surface area (Å²) >= 11 is 0. The molecule has 1 atom stereocenters. The monoisotopic (exact) mass is 427 g/mol. The molecule has 0 aliphatic carbocycles. The van der Waals surface area contributed by atoms with E-state index in [1.165, 1.54) is 4.31 Å². The Morgan fingerprint density at radius 1 is 1.23 bits per heavy atom. The summed E-state index contributed by atoms with van der Waals surface area (Å²) < 4.78 is 28.5. The van der Waals surface area contributed by atoms with E-state index < -0.39 is 16.1 Å². The normalized spacial score (nSPS) is 17.3. The highest BCUT2D eigenvalue weighted by Crippen LogP contribution is 2.27. The van der Waals surface area contributed by atoms with Gasteiger partial charge in [-0.2, -0.15) is 9.40 Å². The van der Waals surface area contributed by atoms with Gasteiger partial charge in [-0.05, 0) is 44.4 Å². The first kappa shape index (κ1) is 20.5. The number of sulfonamides is 1. The highest BCUT2D eigenvalue weighted by Gasteiger charge is 2.38. The second-order valence-electron chi connectivity index (χ2n) is 7.74. The smallest absolute Gasteiger partial charge is 0.243 e. The van der Waals surface area contributed by atoms with Gasteiger partial charge in [0.2, 0.25) is 15.9 Å². The van der Waals surface area contributed by atoms with Gasteiger partial charge >= 0.3 is 0 Å². The first-order chi connectivity index (χ1) is 14.3.